The summed E-state index contributed by atoms with van der Waals surface area (Å²) in [5.41, 5.74) is 0.968. The second-order valence-corrected chi connectivity index (χ2v) is 7.24. The van der Waals surface area contributed by atoms with Crippen molar-refractivity contribution in [1.29, 1.82) is 0 Å². The summed E-state index contributed by atoms with van der Waals surface area (Å²) in [6, 6.07) is 5.46. The van der Waals surface area contributed by atoms with Crippen LogP contribution in [0.15, 0.2) is 18.2 Å². The molecule has 1 N–H and O–H groups in total. The van der Waals surface area contributed by atoms with E-state index in [1.54, 1.807) is 6.07 Å². The number of rotatable bonds is 3. The number of hydrogen-bond acceptors (Lipinski definition) is 1. The van der Waals surface area contributed by atoms with Crippen LogP contribution in [0.3, 0.4) is 0 Å². The Morgan fingerprint density at radius 1 is 1.44 bits per heavy atom. The largest absolute Gasteiger partial charge is 0.325 e. The molecule has 0 radical (unpaired) electrons. The van der Waals surface area contributed by atoms with Gasteiger partial charge >= 0.3 is 0 Å². The molecule has 0 saturated carbocycles. The maximum absolute atomic E-state index is 12.0. The zero-order valence-electron chi connectivity index (χ0n) is 11.2. The third kappa shape index (κ3) is 4.76. The standard InChI is InChI=1S/C14H19ClINO/c1-9(14(2,3)4)7-13(18)17-12-6-5-10(15)8-11(12)16/h5-6,8-9H,7H2,1-4H3,(H,17,18). The van der Waals surface area contributed by atoms with Gasteiger partial charge < -0.3 is 5.32 Å². The lowest BCUT2D eigenvalue weighted by molar-refractivity contribution is -0.117. The first-order valence-electron chi connectivity index (χ1n) is 5.95. The molecule has 1 aromatic rings. The van der Waals surface area contributed by atoms with E-state index in [0.29, 0.717) is 17.4 Å². The maximum atomic E-state index is 12.0. The summed E-state index contributed by atoms with van der Waals surface area (Å²) in [4.78, 5) is 12.0. The van der Waals surface area contributed by atoms with Crippen molar-refractivity contribution >= 4 is 45.8 Å². The minimum Gasteiger partial charge on any atom is -0.325 e. The van der Waals surface area contributed by atoms with Crippen molar-refractivity contribution < 1.29 is 4.79 Å². The van der Waals surface area contributed by atoms with Crippen LogP contribution in [-0.4, -0.2) is 5.91 Å². The SMILES string of the molecule is CC(CC(=O)Nc1ccc(Cl)cc1I)C(C)(C)C. The third-order valence-electron chi connectivity index (χ3n) is 3.18. The number of carbonyl (C=O) groups is 1. The van der Waals surface area contributed by atoms with Gasteiger partial charge in [-0.25, -0.2) is 0 Å². The highest BCUT2D eigenvalue weighted by Crippen LogP contribution is 2.29. The summed E-state index contributed by atoms with van der Waals surface area (Å²) in [5, 5.41) is 3.62. The highest BCUT2D eigenvalue weighted by molar-refractivity contribution is 14.1. The molecule has 18 heavy (non-hydrogen) atoms. The monoisotopic (exact) mass is 379 g/mol. The maximum Gasteiger partial charge on any atom is 0.224 e. The van der Waals surface area contributed by atoms with E-state index in [2.05, 4.69) is 55.6 Å². The van der Waals surface area contributed by atoms with Crippen LogP contribution in [0.1, 0.15) is 34.1 Å². The van der Waals surface area contributed by atoms with Crippen molar-refractivity contribution in [2.24, 2.45) is 11.3 Å². The zero-order chi connectivity index (χ0) is 13.9. The van der Waals surface area contributed by atoms with Gasteiger partial charge in [0, 0.05) is 15.0 Å². The van der Waals surface area contributed by atoms with Crippen LogP contribution in [0.25, 0.3) is 0 Å². The van der Waals surface area contributed by atoms with Gasteiger partial charge in [0.1, 0.15) is 0 Å². The molecule has 0 aliphatic heterocycles. The Morgan fingerprint density at radius 3 is 2.56 bits per heavy atom. The van der Waals surface area contributed by atoms with Crippen LogP contribution in [-0.2, 0) is 4.79 Å². The van der Waals surface area contributed by atoms with E-state index in [-0.39, 0.29) is 11.3 Å². The number of nitrogens with one attached hydrogen (secondary N) is 1. The van der Waals surface area contributed by atoms with Crippen molar-refractivity contribution in [1.82, 2.24) is 0 Å². The van der Waals surface area contributed by atoms with Crippen LogP contribution in [0.4, 0.5) is 5.69 Å². The van der Waals surface area contributed by atoms with Gasteiger partial charge in [-0.3, -0.25) is 4.79 Å². The van der Waals surface area contributed by atoms with E-state index >= 15 is 0 Å². The second-order valence-electron chi connectivity index (χ2n) is 5.64. The quantitative estimate of drug-likeness (QED) is 0.739. The van der Waals surface area contributed by atoms with Crippen LogP contribution < -0.4 is 5.32 Å². The fourth-order valence-corrected chi connectivity index (χ4v) is 2.38. The number of halogens is 2. The first-order chi connectivity index (χ1) is 8.20. The van der Waals surface area contributed by atoms with Crippen molar-refractivity contribution in [3.05, 3.63) is 26.8 Å². The van der Waals surface area contributed by atoms with E-state index in [1.807, 2.05) is 12.1 Å². The molecule has 0 aromatic heterocycles. The van der Waals surface area contributed by atoms with Gasteiger partial charge in [0.05, 0.1) is 5.69 Å². The average Bonchev–Trinajstić information content (AvgIpc) is 2.20. The minimum atomic E-state index is 0.0534. The Kier molecular flexibility index (Phi) is 5.46. The number of amides is 1. The molecule has 1 rings (SSSR count). The lowest BCUT2D eigenvalue weighted by Crippen LogP contribution is -2.24. The lowest BCUT2D eigenvalue weighted by atomic mass is 9.80. The molecule has 0 bridgehead atoms. The Hall–Kier alpha value is -0.290. The fraction of sp³-hybridized carbons (Fsp3) is 0.500. The van der Waals surface area contributed by atoms with Gasteiger partial charge in [0.2, 0.25) is 5.91 Å². The Labute approximate surface area is 128 Å². The van der Waals surface area contributed by atoms with Gasteiger partial charge in [0.15, 0.2) is 0 Å². The number of benzene rings is 1. The summed E-state index contributed by atoms with van der Waals surface area (Å²) in [6.45, 7) is 8.55. The molecule has 1 atom stereocenters. The van der Waals surface area contributed by atoms with Crippen LogP contribution in [0.2, 0.25) is 5.02 Å². The molecular weight excluding hydrogens is 361 g/mol. The Morgan fingerprint density at radius 2 is 2.06 bits per heavy atom. The van der Waals surface area contributed by atoms with Gasteiger partial charge in [-0.2, -0.15) is 0 Å². The molecule has 1 amide bonds. The van der Waals surface area contributed by atoms with Crippen LogP contribution >= 0.6 is 34.2 Å². The first-order valence-corrected chi connectivity index (χ1v) is 7.40. The summed E-state index contributed by atoms with van der Waals surface area (Å²) in [5.74, 6) is 0.389. The predicted octanol–water partition coefficient (Wildman–Crippen LogP) is 4.96. The topological polar surface area (TPSA) is 29.1 Å². The first kappa shape index (κ1) is 15.8. The number of anilines is 1. The van der Waals surface area contributed by atoms with E-state index in [1.165, 1.54) is 0 Å². The molecule has 0 heterocycles. The predicted molar refractivity (Wildman–Crippen MR) is 86.0 cm³/mol. The van der Waals surface area contributed by atoms with Gasteiger partial charge in [0.25, 0.3) is 0 Å². The smallest absolute Gasteiger partial charge is 0.224 e. The van der Waals surface area contributed by atoms with Crippen molar-refractivity contribution in [2.75, 3.05) is 5.32 Å². The van der Waals surface area contributed by atoms with Gasteiger partial charge in [-0.1, -0.05) is 39.3 Å². The highest BCUT2D eigenvalue weighted by atomic mass is 127. The summed E-state index contributed by atoms with van der Waals surface area (Å²) < 4.78 is 0.955. The molecule has 4 heteroatoms. The highest BCUT2D eigenvalue weighted by Gasteiger charge is 2.22. The van der Waals surface area contributed by atoms with Gasteiger partial charge in [-0.05, 0) is 52.1 Å². The van der Waals surface area contributed by atoms with E-state index in [4.69, 9.17) is 11.6 Å². The van der Waals surface area contributed by atoms with E-state index in [0.717, 1.165) is 9.26 Å². The van der Waals surface area contributed by atoms with Crippen molar-refractivity contribution in [3.63, 3.8) is 0 Å². The molecule has 2 nitrogen and oxygen atoms in total. The zero-order valence-corrected chi connectivity index (χ0v) is 14.1. The Bertz CT molecular complexity index is 440. The lowest BCUT2D eigenvalue weighted by Gasteiger charge is -2.26. The average molecular weight is 380 g/mol. The fourth-order valence-electron chi connectivity index (χ4n) is 1.38. The van der Waals surface area contributed by atoms with Gasteiger partial charge in [-0.15, -0.1) is 0 Å². The number of carbonyl (C=O) groups excluding carboxylic acids is 1. The normalized spacial score (nSPS) is 13.2. The molecule has 0 fully saturated rings. The molecule has 1 aromatic carbocycles. The summed E-state index contributed by atoms with van der Waals surface area (Å²) in [6.07, 6.45) is 0.530. The molecule has 0 aliphatic rings. The van der Waals surface area contributed by atoms with Crippen LogP contribution in [0.5, 0.6) is 0 Å². The van der Waals surface area contributed by atoms with E-state index < -0.39 is 0 Å². The van der Waals surface area contributed by atoms with Crippen molar-refractivity contribution in [2.45, 2.75) is 34.1 Å². The summed E-state index contributed by atoms with van der Waals surface area (Å²) >= 11 is 8.05. The van der Waals surface area contributed by atoms with Crippen LogP contribution in [0, 0.1) is 14.9 Å². The Balaban J connectivity index is 2.65. The second kappa shape index (κ2) is 6.24. The molecule has 1 unspecified atom stereocenters. The molecule has 0 spiro atoms. The summed E-state index contributed by atoms with van der Waals surface area (Å²) in [7, 11) is 0. The third-order valence-corrected chi connectivity index (χ3v) is 4.30. The van der Waals surface area contributed by atoms with E-state index in [9.17, 15) is 4.79 Å². The molecular formula is C14H19ClINO. The molecule has 0 aliphatic carbocycles. The van der Waals surface area contributed by atoms with Crippen molar-refractivity contribution in [3.8, 4) is 0 Å². The minimum absolute atomic E-state index is 0.0534. The molecule has 100 valence electrons. The number of hydrogen-bond donors (Lipinski definition) is 1. The molecule has 0 saturated heterocycles.